The highest BCUT2D eigenvalue weighted by Gasteiger charge is 2.16. The molecule has 1 N–H and O–H groups in total. The van der Waals surface area contributed by atoms with Crippen LogP contribution in [0.1, 0.15) is 23.2 Å². The van der Waals surface area contributed by atoms with Crippen molar-refractivity contribution < 1.29 is 17.9 Å². The Morgan fingerprint density at radius 1 is 1.37 bits per heavy atom. The van der Waals surface area contributed by atoms with Crippen molar-refractivity contribution in [1.82, 2.24) is 5.32 Å². The van der Waals surface area contributed by atoms with Gasteiger partial charge in [0, 0.05) is 25.0 Å². The number of carbonyl (C=O) groups excluding carboxylic acids is 1. The van der Waals surface area contributed by atoms with Crippen LogP contribution < -0.4 is 5.32 Å². The minimum absolute atomic E-state index is 0.0965. The summed E-state index contributed by atoms with van der Waals surface area (Å²) in [5, 5.41) is 2.79. The highest BCUT2D eigenvalue weighted by Crippen LogP contribution is 2.12. The summed E-state index contributed by atoms with van der Waals surface area (Å²) in [5.74, 6) is -0.212. The molecule has 1 aromatic rings. The molecule has 0 spiro atoms. The van der Waals surface area contributed by atoms with E-state index in [-0.39, 0.29) is 16.9 Å². The van der Waals surface area contributed by atoms with Gasteiger partial charge in [-0.1, -0.05) is 0 Å². The molecular formula is C13H17NO4S. The molecule has 1 aliphatic rings. The molecule has 0 unspecified atom stereocenters. The molecule has 5 nitrogen and oxygen atoms in total. The lowest BCUT2D eigenvalue weighted by molar-refractivity contribution is 0.0857. The maximum Gasteiger partial charge on any atom is 0.251 e. The first-order chi connectivity index (χ1) is 8.97. The third-order valence-corrected chi connectivity index (χ3v) is 4.19. The van der Waals surface area contributed by atoms with Crippen molar-refractivity contribution in [3.8, 4) is 0 Å². The van der Waals surface area contributed by atoms with Crippen molar-refractivity contribution in [2.75, 3.05) is 19.4 Å². The second kappa shape index (κ2) is 5.71. The number of benzene rings is 1. The zero-order chi connectivity index (χ0) is 13.9. The van der Waals surface area contributed by atoms with E-state index in [4.69, 9.17) is 4.74 Å². The number of carbonyl (C=O) groups is 1. The van der Waals surface area contributed by atoms with Crippen LogP contribution in [0, 0.1) is 0 Å². The first kappa shape index (κ1) is 14.0. The lowest BCUT2D eigenvalue weighted by Crippen LogP contribution is -2.31. The fourth-order valence-electron chi connectivity index (χ4n) is 1.97. The summed E-state index contributed by atoms with van der Waals surface area (Å²) in [7, 11) is -3.22. The molecule has 0 aliphatic carbocycles. The Morgan fingerprint density at radius 2 is 2.05 bits per heavy atom. The Labute approximate surface area is 112 Å². The summed E-state index contributed by atoms with van der Waals surface area (Å²) < 4.78 is 28.0. The average molecular weight is 283 g/mol. The van der Waals surface area contributed by atoms with Crippen molar-refractivity contribution in [2.45, 2.75) is 23.8 Å². The molecule has 0 radical (unpaired) electrons. The minimum atomic E-state index is -3.22. The SMILES string of the molecule is CS(=O)(=O)c1ccc(C(=O)NC[C@H]2CCCO2)cc1. The van der Waals surface area contributed by atoms with Gasteiger partial charge in [0.15, 0.2) is 9.84 Å². The monoisotopic (exact) mass is 283 g/mol. The predicted molar refractivity (Wildman–Crippen MR) is 70.9 cm³/mol. The zero-order valence-electron chi connectivity index (χ0n) is 10.8. The van der Waals surface area contributed by atoms with Crippen LogP contribution in [0.5, 0.6) is 0 Å². The Morgan fingerprint density at radius 3 is 2.58 bits per heavy atom. The first-order valence-corrected chi connectivity index (χ1v) is 8.06. The topological polar surface area (TPSA) is 72.5 Å². The van der Waals surface area contributed by atoms with Gasteiger partial charge in [-0.3, -0.25) is 4.79 Å². The summed E-state index contributed by atoms with van der Waals surface area (Å²) in [4.78, 5) is 12.1. The van der Waals surface area contributed by atoms with Crippen LogP contribution in [-0.2, 0) is 14.6 Å². The van der Waals surface area contributed by atoms with Crippen LogP contribution in [0.4, 0.5) is 0 Å². The maximum absolute atomic E-state index is 11.8. The lowest BCUT2D eigenvalue weighted by Gasteiger charge is -2.10. The van der Waals surface area contributed by atoms with Crippen molar-refractivity contribution in [2.24, 2.45) is 0 Å². The number of hydrogen-bond acceptors (Lipinski definition) is 4. The summed E-state index contributed by atoms with van der Waals surface area (Å²) in [6, 6.07) is 5.91. The fourth-order valence-corrected chi connectivity index (χ4v) is 2.60. The molecule has 0 aromatic heterocycles. The van der Waals surface area contributed by atoms with Crippen molar-refractivity contribution in [3.05, 3.63) is 29.8 Å². The van der Waals surface area contributed by atoms with Gasteiger partial charge in [-0.2, -0.15) is 0 Å². The molecule has 1 fully saturated rings. The molecule has 0 saturated carbocycles. The molecular weight excluding hydrogens is 266 g/mol. The second-order valence-electron chi connectivity index (χ2n) is 4.64. The molecule has 0 bridgehead atoms. The van der Waals surface area contributed by atoms with Crippen LogP contribution in [0.15, 0.2) is 29.2 Å². The third-order valence-electron chi connectivity index (χ3n) is 3.06. The van der Waals surface area contributed by atoms with Crippen LogP contribution in [-0.4, -0.2) is 39.8 Å². The van der Waals surface area contributed by atoms with E-state index in [1.165, 1.54) is 24.3 Å². The molecule has 104 valence electrons. The van der Waals surface area contributed by atoms with Crippen LogP contribution >= 0.6 is 0 Å². The number of sulfone groups is 1. The molecule has 1 aromatic carbocycles. The highest BCUT2D eigenvalue weighted by atomic mass is 32.2. The smallest absolute Gasteiger partial charge is 0.251 e. The molecule has 2 rings (SSSR count). The summed E-state index contributed by atoms with van der Waals surface area (Å²) in [6.07, 6.45) is 3.23. The molecule has 19 heavy (non-hydrogen) atoms. The van der Waals surface area contributed by atoms with Gasteiger partial charge < -0.3 is 10.1 Å². The summed E-state index contributed by atoms with van der Waals surface area (Å²) >= 11 is 0. The number of rotatable bonds is 4. The Hall–Kier alpha value is -1.40. The number of hydrogen-bond donors (Lipinski definition) is 1. The second-order valence-corrected chi connectivity index (χ2v) is 6.66. The highest BCUT2D eigenvalue weighted by molar-refractivity contribution is 7.90. The van der Waals surface area contributed by atoms with E-state index in [2.05, 4.69) is 5.32 Å². The van der Waals surface area contributed by atoms with Gasteiger partial charge in [-0.05, 0) is 37.1 Å². The van der Waals surface area contributed by atoms with Gasteiger partial charge in [-0.25, -0.2) is 8.42 Å². The number of ether oxygens (including phenoxy) is 1. The fraction of sp³-hybridized carbons (Fsp3) is 0.462. The van der Waals surface area contributed by atoms with Gasteiger partial charge in [-0.15, -0.1) is 0 Å². The van der Waals surface area contributed by atoms with Gasteiger partial charge >= 0.3 is 0 Å². The zero-order valence-corrected chi connectivity index (χ0v) is 11.6. The molecule has 1 amide bonds. The van der Waals surface area contributed by atoms with Crippen molar-refractivity contribution in [3.63, 3.8) is 0 Å². The minimum Gasteiger partial charge on any atom is -0.376 e. The maximum atomic E-state index is 11.8. The standard InChI is InChI=1S/C13H17NO4S/c1-19(16,17)12-6-4-10(5-7-12)13(15)14-9-11-3-2-8-18-11/h4-7,11H,2-3,8-9H2,1H3,(H,14,15)/t11-/m1/s1. The number of nitrogens with one attached hydrogen (secondary N) is 1. The van der Waals surface area contributed by atoms with Crippen LogP contribution in [0.25, 0.3) is 0 Å². The van der Waals surface area contributed by atoms with Crippen LogP contribution in [0.3, 0.4) is 0 Å². The van der Waals surface area contributed by atoms with E-state index in [0.717, 1.165) is 25.7 Å². The molecule has 1 saturated heterocycles. The normalized spacial score (nSPS) is 19.3. The van der Waals surface area contributed by atoms with E-state index in [1.807, 2.05) is 0 Å². The van der Waals surface area contributed by atoms with Crippen LogP contribution in [0.2, 0.25) is 0 Å². The van der Waals surface area contributed by atoms with Crippen molar-refractivity contribution in [1.29, 1.82) is 0 Å². The Bertz CT molecular complexity index is 545. The largest absolute Gasteiger partial charge is 0.376 e. The third kappa shape index (κ3) is 3.78. The van der Waals surface area contributed by atoms with Gasteiger partial charge in [0.05, 0.1) is 11.0 Å². The molecule has 1 atom stereocenters. The van der Waals surface area contributed by atoms with Crippen molar-refractivity contribution >= 4 is 15.7 Å². The predicted octanol–water partition coefficient (Wildman–Crippen LogP) is 0.999. The van der Waals surface area contributed by atoms with Gasteiger partial charge in [0.2, 0.25) is 0 Å². The summed E-state index contributed by atoms with van der Waals surface area (Å²) in [5.41, 5.74) is 0.449. The average Bonchev–Trinajstić information content (AvgIpc) is 2.88. The molecule has 1 aliphatic heterocycles. The van der Waals surface area contributed by atoms with E-state index >= 15 is 0 Å². The molecule has 1 heterocycles. The lowest BCUT2D eigenvalue weighted by atomic mass is 10.2. The molecule has 6 heteroatoms. The van der Waals surface area contributed by atoms with Gasteiger partial charge in [0.1, 0.15) is 0 Å². The Balaban J connectivity index is 1.95. The number of amides is 1. The van der Waals surface area contributed by atoms with E-state index in [0.29, 0.717) is 12.1 Å². The van der Waals surface area contributed by atoms with E-state index in [1.54, 1.807) is 0 Å². The quantitative estimate of drug-likeness (QED) is 0.894. The van der Waals surface area contributed by atoms with E-state index in [9.17, 15) is 13.2 Å². The first-order valence-electron chi connectivity index (χ1n) is 6.17. The van der Waals surface area contributed by atoms with Gasteiger partial charge in [0.25, 0.3) is 5.91 Å². The Kier molecular flexibility index (Phi) is 4.21. The summed E-state index contributed by atoms with van der Waals surface area (Å²) in [6.45, 7) is 1.25. The van der Waals surface area contributed by atoms with E-state index < -0.39 is 9.84 Å².